The molecule has 2 aromatic carbocycles. The molecule has 3 aromatic rings. The molecule has 116 valence electrons. The van der Waals surface area contributed by atoms with E-state index >= 15 is 0 Å². The summed E-state index contributed by atoms with van der Waals surface area (Å²) in [5.74, 6) is 0.685. The lowest BCUT2D eigenvalue weighted by molar-refractivity contribution is 0.704. The lowest BCUT2D eigenvalue weighted by Gasteiger charge is -2.08. The van der Waals surface area contributed by atoms with Crippen molar-refractivity contribution in [3.05, 3.63) is 74.7 Å². The van der Waals surface area contributed by atoms with E-state index < -0.39 is 0 Å². The number of para-hydroxylation sites is 1. The average Bonchev–Trinajstić information content (AvgIpc) is 2.56. The minimum absolute atomic E-state index is 0.132. The summed E-state index contributed by atoms with van der Waals surface area (Å²) >= 11 is 3.40. The molecule has 0 radical (unpaired) electrons. The van der Waals surface area contributed by atoms with E-state index in [0.29, 0.717) is 17.6 Å². The van der Waals surface area contributed by atoms with Gasteiger partial charge in [-0.1, -0.05) is 47.1 Å². The van der Waals surface area contributed by atoms with Gasteiger partial charge in [0.1, 0.15) is 5.82 Å². The van der Waals surface area contributed by atoms with Crippen molar-refractivity contribution in [1.82, 2.24) is 9.66 Å². The van der Waals surface area contributed by atoms with Gasteiger partial charge in [0, 0.05) is 10.9 Å². The number of hydrogen-bond donors (Lipinski definition) is 0. The Kier molecular flexibility index (Phi) is 4.67. The predicted octanol–water partition coefficient (Wildman–Crippen LogP) is 3.99. The maximum absolute atomic E-state index is 12.7. The van der Waals surface area contributed by atoms with Crippen molar-refractivity contribution in [2.24, 2.45) is 5.10 Å². The predicted molar refractivity (Wildman–Crippen MR) is 97.1 cm³/mol. The van der Waals surface area contributed by atoms with Crippen LogP contribution in [0.3, 0.4) is 0 Å². The molecule has 0 atom stereocenters. The van der Waals surface area contributed by atoms with E-state index in [2.05, 4.69) is 32.9 Å². The molecule has 23 heavy (non-hydrogen) atoms. The Hall–Kier alpha value is -2.27. The van der Waals surface area contributed by atoms with Gasteiger partial charge in [-0.05, 0) is 36.2 Å². The number of benzene rings is 2. The maximum Gasteiger partial charge on any atom is 0.282 e. The number of hydrogen-bond acceptors (Lipinski definition) is 3. The molecule has 0 saturated heterocycles. The summed E-state index contributed by atoms with van der Waals surface area (Å²) in [5, 5.41) is 4.96. The largest absolute Gasteiger partial charge is 0.282 e. The summed E-state index contributed by atoms with van der Waals surface area (Å²) in [6.07, 6.45) is 3.29. The monoisotopic (exact) mass is 369 g/mol. The second-order valence-electron chi connectivity index (χ2n) is 5.21. The van der Waals surface area contributed by atoms with Gasteiger partial charge in [-0.2, -0.15) is 9.78 Å². The van der Waals surface area contributed by atoms with Crippen molar-refractivity contribution in [2.75, 3.05) is 0 Å². The second-order valence-corrected chi connectivity index (χ2v) is 6.12. The number of rotatable bonds is 4. The van der Waals surface area contributed by atoms with Gasteiger partial charge in [0.15, 0.2) is 0 Å². The first-order valence-corrected chi connectivity index (χ1v) is 8.29. The maximum atomic E-state index is 12.7. The van der Waals surface area contributed by atoms with Crippen LogP contribution in [-0.4, -0.2) is 15.9 Å². The average molecular weight is 370 g/mol. The molecule has 4 nitrogen and oxygen atoms in total. The fourth-order valence-corrected chi connectivity index (χ4v) is 2.61. The van der Waals surface area contributed by atoms with Gasteiger partial charge in [0.05, 0.1) is 17.1 Å². The van der Waals surface area contributed by atoms with Crippen LogP contribution in [0, 0.1) is 0 Å². The Morgan fingerprint density at radius 1 is 1.17 bits per heavy atom. The summed E-state index contributed by atoms with van der Waals surface area (Å²) < 4.78 is 2.42. The molecule has 0 unspecified atom stereocenters. The van der Waals surface area contributed by atoms with Crippen LogP contribution >= 0.6 is 15.9 Å². The normalized spacial score (nSPS) is 11.4. The van der Waals surface area contributed by atoms with Crippen LogP contribution < -0.4 is 5.56 Å². The minimum Gasteiger partial charge on any atom is -0.267 e. The second kappa shape index (κ2) is 6.87. The first-order valence-electron chi connectivity index (χ1n) is 7.49. The Morgan fingerprint density at radius 2 is 1.91 bits per heavy atom. The standard InChI is InChI=1S/C18H16BrN3O/c1-2-5-17-21-16-7-4-3-6-15(16)18(23)22(17)20-12-13-8-10-14(19)11-9-13/h3-4,6-12H,2,5H2,1H3. The number of halogens is 1. The summed E-state index contributed by atoms with van der Waals surface area (Å²) in [4.78, 5) is 17.3. The van der Waals surface area contributed by atoms with E-state index in [1.54, 1.807) is 12.3 Å². The topological polar surface area (TPSA) is 47.2 Å². The summed E-state index contributed by atoms with van der Waals surface area (Å²) in [6.45, 7) is 2.06. The molecule has 0 bridgehead atoms. The first-order chi connectivity index (χ1) is 11.2. The van der Waals surface area contributed by atoms with Crippen molar-refractivity contribution in [2.45, 2.75) is 19.8 Å². The Bertz CT molecular complexity index is 914. The zero-order valence-electron chi connectivity index (χ0n) is 12.7. The third-order valence-electron chi connectivity index (χ3n) is 3.49. The third-order valence-corrected chi connectivity index (χ3v) is 4.02. The van der Waals surface area contributed by atoms with Gasteiger partial charge >= 0.3 is 0 Å². The highest BCUT2D eigenvalue weighted by atomic mass is 79.9. The van der Waals surface area contributed by atoms with Crippen molar-refractivity contribution in [1.29, 1.82) is 0 Å². The highest BCUT2D eigenvalue weighted by Crippen LogP contribution is 2.11. The van der Waals surface area contributed by atoms with Crippen molar-refractivity contribution < 1.29 is 0 Å². The first kappa shape index (κ1) is 15.6. The van der Waals surface area contributed by atoms with E-state index in [1.807, 2.05) is 42.5 Å². The highest BCUT2D eigenvalue weighted by molar-refractivity contribution is 9.10. The molecule has 0 aliphatic rings. The molecular weight excluding hydrogens is 354 g/mol. The van der Waals surface area contributed by atoms with Crippen molar-refractivity contribution >= 4 is 33.0 Å². The minimum atomic E-state index is -0.132. The van der Waals surface area contributed by atoms with Gasteiger partial charge in [0.2, 0.25) is 0 Å². The van der Waals surface area contributed by atoms with E-state index in [4.69, 9.17) is 0 Å². The van der Waals surface area contributed by atoms with Crippen LogP contribution in [0.25, 0.3) is 10.9 Å². The molecule has 5 heteroatoms. The smallest absolute Gasteiger partial charge is 0.267 e. The fraction of sp³-hybridized carbons (Fsp3) is 0.167. The third kappa shape index (κ3) is 3.40. The van der Waals surface area contributed by atoms with E-state index in [0.717, 1.165) is 22.0 Å². The summed E-state index contributed by atoms with van der Waals surface area (Å²) in [6, 6.07) is 15.1. The molecular formula is C18H16BrN3O. The number of aromatic nitrogens is 2. The molecule has 1 aromatic heterocycles. The van der Waals surface area contributed by atoms with Crippen LogP contribution in [0.2, 0.25) is 0 Å². The van der Waals surface area contributed by atoms with E-state index in [-0.39, 0.29) is 5.56 Å². The van der Waals surface area contributed by atoms with Crippen molar-refractivity contribution in [3.63, 3.8) is 0 Å². The van der Waals surface area contributed by atoms with Crippen LogP contribution in [0.5, 0.6) is 0 Å². The van der Waals surface area contributed by atoms with Gasteiger partial charge in [0.25, 0.3) is 5.56 Å². The van der Waals surface area contributed by atoms with Crippen molar-refractivity contribution in [3.8, 4) is 0 Å². The molecule has 0 amide bonds. The molecule has 0 aliphatic heterocycles. The van der Waals surface area contributed by atoms with Crippen LogP contribution in [0.4, 0.5) is 0 Å². The Morgan fingerprint density at radius 3 is 2.65 bits per heavy atom. The highest BCUT2D eigenvalue weighted by Gasteiger charge is 2.09. The van der Waals surface area contributed by atoms with Crippen LogP contribution in [0.1, 0.15) is 24.7 Å². The van der Waals surface area contributed by atoms with Gasteiger partial charge in [-0.15, -0.1) is 0 Å². The van der Waals surface area contributed by atoms with E-state index in [1.165, 1.54) is 4.68 Å². The molecule has 0 aliphatic carbocycles. The molecule has 0 spiro atoms. The van der Waals surface area contributed by atoms with Gasteiger partial charge in [-0.25, -0.2) is 4.98 Å². The van der Waals surface area contributed by atoms with Gasteiger partial charge in [-0.3, -0.25) is 4.79 Å². The van der Waals surface area contributed by atoms with Gasteiger partial charge < -0.3 is 0 Å². The molecule has 0 N–H and O–H groups in total. The molecule has 0 saturated carbocycles. The van der Waals surface area contributed by atoms with Crippen LogP contribution in [0.15, 0.2) is 62.9 Å². The zero-order valence-corrected chi connectivity index (χ0v) is 14.3. The molecule has 0 fully saturated rings. The summed E-state index contributed by atoms with van der Waals surface area (Å²) in [7, 11) is 0. The summed E-state index contributed by atoms with van der Waals surface area (Å²) in [5.41, 5.74) is 1.51. The number of nitrogens with zero attached hydrogens (tertiary/aromatic N) is 3. The van der Waals surface area contributed by atoms with E-state index in [9.17, 15) is 4.79 Å². The quantitative estimate of drug-likeness (QED) is 0.652. The SMILES string of the molecule is CCCc1nc2ccccc2c(=O)n1N=Cc1ccc(Br)cc1. The number of fused-ring (bicyclic) bond motifs is 1. The van der Waals surface area contributed by atoms with Crippen LogP contribution in [-0.2, 0) is 6.42 Å². The Labute approximate surface area is 142 Å². The lowest BCUT2D eigenvalue weighted by atomic mass is 10.2. The number of aryl methyl sites for hydroxylation is 1. The molecule has 3 rings (SSSR count). The lowest BCUT2D eigenvalue weighted by Crippen LogP contribution is -2.22. The fourth-order valence-electron chi connectivity index (χ4n) is 2.35. The molecule has 1 heterocycles. The zero-order chi connectivity index (χ0) is 16.2. The Balaban J connectivity index is 2.11.